The molecular formula is C16H19NO3S2. The summed E-state index contributed by atoms with van der Waals surface area (Å²) in [7, 11) is -3.47. The molecule has 0 radical (unpaired) electrons. The van der Waals surface area contributed by atoms with Crippen LogP contribution in [0.5, 0.6) is 5.75 Å². The molecule has 1 heterocycles. The molecule has 1 aromatic heterocycles. The Balaban J connectivity index is 1.66. The third-order valence-electron chi connectivity index (χ3n) is 3.51. The standard InChI is InChI=1S/C16H19NO3S2/c1-11(2)20-12-5-7-13(8-6-12)22(18,19)17-15-10-14(15)16-4-3-9-21-16/h3-9,11,14-15,17H,10H2,1-2H3. The van der Waals surface area contributed by atoms with Gasteiger partial charge in [0.25, 0.3) is 0 Å². The highest BCUT2D eigenvalue weighted by molar-refractivity contribution is 7.89. The minimum Gasteiger partial charge on any atom is -0.491 e. The summed E-state index contributed by atoms with van der Waals surface area (Å²) >= 11 is 1.68. The zero-order valence-corrected chi connectivity index (χ0v) is 14.2. The number of hydrogen-bond donors (Lipinski definition) is 1. The van der Waals surface area contributed by atoms with Crippen LogP contribution in [0.2, 0.25) is 0 Å². The molecule has 1 aromatic carbocycles. The number of sulfonamides is 1. The Bertz CT molecular complexity index is 721. The third-order valence-corrected chi connectivity index (χ3v) is 6.02. The minimum atomic E-state index is -3.47. The van der Waals surface area contributed by atoms with Crippen LogP contribution in [0, 0.1) is 0 Å². The van der Waals surface area contributed by atoms with E-state index in [2.05, 4.69) is 10.8 Å². The van der Waals surface area contributed by atoms with Crippen molar-refractivity contribution < 1.29 is 13.2 Å². The van der Waals surface area contributed by atoms with E-state index in [0.29, 0.717) is 11.7 Å². The van der Waals surface area contributed by atoms with Crippen LogP contribution >= 0.6 is 11.3 Å². The summed E-state index contributed by atoms with van der Waals surface area (Å²) in [5.74, 6) is 0.996. The number of thiophene rings is 1. The van der Waals surface area contributed by atoms with Gasteiger partial charge in [-0.2, -0.15) is 0 Å². The monoisotopic (exact) mass is 337 g/mol. The molecule has 4 nitrogen and oxygen atoms in total. The van der Waals surface area contributed by atoms with Crippen LogP contribution in [0.4, 0.5) is 0 Å². The summed E-state index contributed by atoms with van der Waals surface area (Å²) in [4.78, 5) is 1.52. The molecule has 118 valence electrons. The van der Waals surface area contributed by atoms with Gasteiger partial charge in [-0.1, -0.05) is 6.07 Å². The number of nitrogens with one attached hydrogen (secondary N) is 1. The van der Waals surface area contributed by atoms with Gasteiger partial charge in [-0.25, -0.2) is 13.1 Å². The summed E-state index contributed by atoms with van der Waals surface area (Å²) in [5, 5.41) is 2.02. The van der Waals surface area contributed by atoms with Gasteiger partial charge >= 0.3 is 0 Å². The highest BCUT2D eigenvalue weighted by Crippen LogP contribution is 2.43. The van der Waals surface area contributed by atoms with Crippen LogP contribution < -0.4 is 9.46 Å². The van der Waals surface area contributed by atoms with Gasteiger partial charge in [0.05, 0.1) is 11.0 Å². The van der Waals surface area contributed by atoms with E-state index in [0.717, 1.165) is 6.42 Å². The van der Waals surface area contributed by atoms with Gasteiger partial charge in [0, 0.05) is 16.8 Å². The fourth-order valence-electron chi connectivity index (χ4n) is 2.38. The molecule has 0 bridgehead atoms. The van der Waals surface area contributed by atoms with E-state index in [-0.39, 0.29) is 17.0 Å². The second-order valence-electron chi connectivity index (χ2n) is 5.72. The zero-order valence-electron chi connectivity index (χ0n) is 12.5. The average molecular weight is 337 g/mol. The molecule has 0 aliphatic heterocycles. The molecule has 1 aliphatic rings. The van der Waals surface area contributed by atoms with E-state index in [1.54, 1.807) is 35.6 Å². The van der Waals surface area contributed by atoms with Gasteiger partial charge in [0.1, 0.15) is 5.75 Å². The Morgan fingerprint density at radius 1 is 1.23 bits per heavy atom. The molecule has 0 amide bonds. The highest BCUT2D eigenvalue weighted by Gasteiger charge is 2.41. The van der Waals surface area contributed by atoms with E-state index in [9.17, 15) is 8.42 Å². The molecule has 1 saturated carbocycles. The van der Waals surface area contributed by atoms with Gasteiger partial charge in [0.15, 0.2) is 0 Å². The normalized spacial score (nSPS) is 21.0. The SMILES string of the molecule is CC(C)Oc1ccc(S(=O)(=O)NC2CC2c2cccs2)cc1. The van der Waals surface area contributed by atoms with Crippen molar-refractivity contribution in [3.8, 4) is 5.75 Å². The Labute approximate surface area is 135 Å². The largest absolute Gasteiger partial charge is 0.491 e. The van der Waals surface area contributed by atoms with Crippen LogP contribution in [0.3, 0.4) is 0 Å². The van der Waals surface area contributed by atoms with E-state index in [4.69, 9.17) is 4.74 Å². The van der Waals surface area contributed by atoms with E-state index >= 15 is 0 Å². The third kappa shape index (κ3) is 3.51. The predicted molar refractivity (Wildman–Crippen MR) is 88.0 cm³/mol. The Hall–Kier alpha value is -1.37. The first-order valence-corrected chi connectivity index (χ1v) is 9.64. The van der Waals surface area contributed by atoms with Crippen LogP contribution in [-0.2, 0) is 10.0 Å². The number of ether oxygens (including phenoxy) is 1. The first-order chi connectivity index (χ1) is 10.5. The zero-order chi connectivity index (χ0) is 15.7. The topological polar surface area (TPSA) is 55.4 Å². The fraction of sp³-hybridized carbons (Fsp3) is 0.375. The lowest BCUT2D eigenvalue weighted by molar-refractivity contribution is 0.242. The first-order valence-electron chi connectivity index (χ1n) is 7.28. The lowest BCUT2D eigenvalue weighted by Gasteiger charge is -2.10. The first kappa shape index (κ1) is 15.5. The second kappa shape index (κ2) is 6.02. The molecule has 1 N–H and O–H groups in total. The minimum absolute atomic E-state index is 0.00948. The van der Waals surface area contributed by atoms with E-state index in [1.807, 2.05) is 25.3 Å². The van der Waals surface area contributed by atoms with Crippen LogP contribution in [0.15, 0.2) is 46.7 Å². The molecule has 2 aromatic rings. The number of benzene rings is 1. The maximum absolute atomic E-state index is 12.4. The average Bonchev–Trinajstić information content (AvgIpc) is 2.99. The van der Waals surface area contributed by atoms with Crippen molar-refractivity contribution in [3.05, 3.63) is 46.7 Å². The fourth-order valence-corrected chi connectivity index (χ4v) is 4.58. The molecule has 3 rings (SSSR count). The maximum atomic E-state index is 12.4. The van der Waals surface area contributed by atoms with Crippen molar-refractivity contribution in [1.29, 1.82) is 0 Å². The lowest BCUT2D eigenvalue weighted by atomic mass is 10.3. The van der Waals surface area contributed by atoms with Crippen molar-refractivity contribution in [2.24, 2.45) is 0 Å². The molecule has 2 atom stereocenters. The predicted octanol–water partition coefficient (Wildman–Crippen LogP) is 3.37. The molecule has 0 saturated heterocycles. The van der Waals surface area contributed by atoms with Crippen molar-refractivity contribution in [1.82, 2.24) is 4.72 Å². The molecule has 0 spiro atoms. The lowest BCUT2D eigenvalue weighted by Crippen LogP contribution is -2.26. The summed E-state index contributed by atoms with van der Waals surface area (Å²) in [6.07, 6.45) is 0.937. The Morgan fingerprint density at radius 2 is 1.95 bits per heavy atom. The molecule has 2 unspecified atom stereocenters. The number of rotatable bonds is 6. The Morgan fingerprint density at radius 3 is 2.55 bits per heavy atom. The summed E-state index contributed by atoms with van der Waals surface area (Å²) in [6, 6.07) is 10.6. The number of hydrogen-bond acceptors (Lipinski definition) is 4. The van der Waals surface area contributed by atoms with E-state index < -0.39 is 10.0 Å². The van der Waals surface area contributed by atoms with Gasteiger partial charge in [-0.15, -0.1) is 11.3 Å². The van der Waals surface area contributed by atoms with Gasteiger partial charge < -0.3 is 4.74 Å². The molecule has 6 heteroatoms. The molecule has 22 heavy (non-hydrogen) atoms. The van der Waals surface area contributed by atoms with Crippen molar-refractivity contribution >= 4 is 21.4 Å². The summed E-state index contributed by atoms with van der Waals surface area (Å²) in [5.41, 5.74) is 0. The highest BCUT2D eigenvalue weighted by atomic mass is 32.2. The maximum Gasteiger partial charge on any atom is 0.240 e. The molecule has 1 aliphatic carbocycles. The van der Waals surface area contributed by atoms with Crippen molar-refractivity contribution in [2.45, 2.75) is 43.2 Å². The van der Waals surface area contributed by atoms with E-state index in [1.165, 1.54) is 4.88 Å². The summed E-state index contributed by atoms with van der Waals surface area (Å²) < 4.78 is 33.1. The Kier molecular flexibility index (Phi) is 4.25. The second-order valence-corrected chi connectivity index (χ2v) is 8.42. The molecular weight excluding hydrogens is 318 g/mol. The quantitative estimate of drug-likeness (QED) is 0.879. The van der Waals surface area contributed by atoms with Gasteiger partial charge in [-0.05, 0) is 56.0 Å². The van der Waals surface area contributed by atoms with Crippen molar-refractivity contribution in [2.75, 3.05) is 0 Å². The smallest absolute Gasteiger partial charge is 0.240 e. The van der Waals surface area contributed by atoms with Gasteiger partial charge in [0.2, 0.25) is 10.0 Å². The molecule has 1 fully saturated rings. The summed E-state index contributed by atoms with van der Waals surface area (Å²) in [6.45, 7) is 3.87. The van der Waals surface area contributed by atoms with Gasteiger partial charge in [-0.3, -0.25) is 0 Å². The van der Waals surface area contributed by atoms with Crippen LogP contribution in [0.25, 0.3) is 0 Å². The van der Waals surface area contributed by atoms with Crippen LogP contribution in [0.1, 0.15) is 31.1 Å². The van der Waals surface area contributed by atoms with Crippen molar-refractivity contribution in [3.63, 3.8) is 0 Å². The van der Waals surface area contributed by atoms with Crippen LogP contribution in [-0.4, -0.2) is 20.6 Å².